The van der Waals surface area contributed by atoms with E-state index < -0.39 is 11.4 Å². The molecule has 0 saturated carbocycles. The van der Waals surface area contributed by atoms with E-state index in [9.17, 15) is 9.59 Å². The number of hydrogen-bond donors (Lipinski definition) is 2. The van der Waals surface area contributed by atoms with Gasteiger partial charge in [0.2, 0.25) is 5.91 Å². The van der Waals surface area contributed by atoms with Gasteiger partial charge in [-0.15, -0.1) is 0 Å². The van der Waals surface area contributed by atoms with Crippen LogP contribution >= 0.6 is 0 Å². The van der Waals surface area contributed by atoms with Gasteiger partial charge in [-0.3, -0.25) is 9.59 Å². The van der Waals surface area contributed by atoms with Crippen LogP contribution in [0.3, 0.4) is 0 Å². The van der Waals surface area contributed by atoms with Gasteiger partial charge < -0.3 is 10.4 Å². The minimum Gasteiger partial charge on any atom is -0.481 e. The molecule has 17 heavy (non-hydrogen) atoms. The second-order valence-corrected chi connectivity index (χ2v) is 6.05. The van der Waals surface area contributed by atoms with E-state index >= 15 is 0 Å². The van der Waals surface area contributed by atoms with Crippen LogP contribution < -0.4 is 5.32 Å². The Morgan fingerprint density at radius 3 is 2.12 bits per heavy atom. The third-order valence-corrected chi connectivity index (χ3v) is 2.86. The van der Waals surface area contributed by atoms with Gasteiger partial charge in [-0.1, -0.05) is 41.0 Å². The molecule has 0 heterocycles. The summed E-state index contributed by atoms with van der Waals surface area (Å²) in [6.45, 7) is 10.2. The van der Waals surface area contributed by atoms with E-state index in [2.05, 4.69) is 26.1 Å². The number of aliphatic carboxylic acids is 1. The number of amides is 1. The van der Waals surface area contributed by atoms with E-state index in [1.807, 2.05) is 0 Å². The van der Waals surface area contributed by atoms with Crippen LogP contribution in [0.5, 0.6) is 0 Å². The van der Waals surface area contributed by atoms with Crippen molar-refractivity contribution in [1.82, 2.24) is 5.32 Å². The van der Waals surface area contributed by atoms with Gasteiger partial charge in [-0.05, 0) is 11.8 Å². The first-order chi connectivity index (χ1) is 7.60. The zero-order valence-corrected chi connectivity index (χ0v) is 11.6. The molecular weight excluding hydrogens is 218 g/mol. The van der Waals surface area contributed by atoms with Gasteiger partial charge in [0.05, 0.1) is 11.8 Å². The van der Waals surface area contributed by atoms with Gasteiger partial charge in [0.25, 0.3) is 0 Å². The number of carboxylic acids is 1. The molecule has 4 nitrogen and oxygen atoms in total. The standard InChI is InChI=1S/C13H25NO3/c1-6-7-12(2,3)9-14-11(17)13(4,5)8-10(15)16/h6-9H2,1-5H3,(H,14,17)(H,15,16). The fraction of sp³-hybridized carbons (Fsp3) is 0.846. The lowest BCUT2D eigenvalue weighted by Gasteiger charge is -2.28. The lowest BCUT2D eigenvalue weighted by molar-refractivity contribution is -0.144. The summed E-state index contributed by atoms with van der Waals surface area (Å²) in [5.41, 5.74) is -0.794. The summed E-state index contributed by atoms with van der Waals surface area (Å²) in [5, 5.41) is 11.6. The molecule has 0 unspecified atom stereocenters. The summed E-state index contributed by atoms with van der Waals surface area (Å²) >= 11 is 0. The quantitative estimate of drug-likeness (QED) is 0.721. The van der Waals surface area contributed by atoms with Crippen LogP contribution in [0.4, 0.5) is 0 Å². The van der Waals surface area contributed by atoms with Gasteiger partial charge in [-0.2, -0.15) is 0 Å². The van der Waals surface area contributed by atoms with Crippen molar-refractivity contribution in [3.63, 3.8) is 0 Å². The highest BCUT2D eigenvalue weighted by Crippen LogP contribution is 2.23. The second-order valence-electron chi connectivity index (χ2n) is 6.05. The van der Waals surface area contributed by atoms with E-state index in [0.717, 1.165) is 12.8 Å². The van der Waals surface area contributed by atoms with Crippen molar-refractivity contribution in [3.8, 4) is 0 Å². The molecule has 4 heteroatoms. The van der Waals surface area contributed by atoms with Gasteiger partial charge in [-0.25, -0.2) is 0 Å². The average molecular weight is 243 g/mol. The summed E-state index contributed by atoms with van der Waals surface area (Å²) in [6, 6.07) is 0. The maximum Gasteiger partial charge on any atom is 0.304 e. The number of hydrogen-bond acceptors (Lipinski definition) is 2. The summed E-state index contributed by atoms with van der Waals surface area (Å²) in [6.07, 6.45) is 1.96. The Morgan fingerprint density at radius 1 is 1.18 bits per heavy atom. The molecule has 0 aromatic rings. The zero-order chi connectivity index (χ0) is 13.7. The van der Waals surface area contributed by atoms with E-state index in [-0.39, 0.29) is 17.7 Å². The molecule has 0 rings (SSSR count). The molecule has 100 valence electrons. The highest BCUT2D eigenvalue weighted by Gasteiger charge is 2.31. The molecule has 0 bridgehead atoms. The number of carbonyl (C=O) groups is 2. The second kappa shape index (κ2) is 6.03. The van der Waals surface area contributed by atoms with E-state index in [4.69, 9.17) is 5.11 Å². The van der Waals surface area contributed by atoms with Gasteiger partial charge in [0, 0.05) is 6.54 Å². The predicted octanol–water partition coefficient (Wildman–Crippen LogP) is 2.43. The Bertz CT molecular complexity index is 282. The Morgan fingerprint density at radius 2 is 1.71 bits per heavy atom. The topological polar surface area (TPSA) is 66.4 Å². The number of rotatable bonds is 7. The van der Waals surface area contributed by atoms with Gasteiger partial charge >= 0.3 is 5.97 Å². The molecule has 0 aromatic carbocycles. The molecule has 0 aliphatic heterocycles. The Balaban J connectivity index is 4.31. The minimum absolute atomic E-state index is 0.0592. The summed E-state index contributed by atoms with van der Waals surface area (Å²) < 4.78 is 0. The molecule has 0 aliphatic rings. The van der Waals surface area contributed by atoms with Crippen LogP contribution in [0, 0.1) is 10.8 Å². The summed E-state index contributed by atoms with van der Waals surface area (Å²) in [5.74, 6) is -1.14. The molecule has 2 N–H and O–H groups in total. The smallest absolute Gasteiger partial charge is 0.304 e. The van der Waals surface area contributed by atoms with Crippen LogP contribution in [0.1, 0.15) is 53.9 Å². The summed E-state index contributed by atoms with van der Waals surface area (Å²) in [4.78, 5) is 22.5. The number of carbonyl (C=O) groups excluding carboxylic acids is 1. The number of nitrogens with one attached hydrogen (secondary N) is 1. The zero-order valence-electron chi connectivity index (χ0n) is 11.6. The maximum absolute atomic E-state index is 11.9. The fourth-order valence-corrected chi connectivity index (χ4v) is 1.78. The first-order valence-electron chi connectivity index (χ1n) is 6.11. The Kier molecular flexibility index (Phi) is 5.66. The Hall–Kier alpha value is -1.06. The van der Waals surface area contributed by atoms with Crippen LogP contribution in [-0.4, -0.2) is 23.5 Å². The summed E-state index contributed by atoms with van der Waals surface area (Å²) in [7, 11) is 0. The lowest BCUT2D eigenvalue weighted by Crippen LogP contribution is -2.42. The predicted molar refractivity (Wildman–Crippen MR) is 67.7 cm³/mol. The molecule has 0 spiro atoms. The molecule has 1 amide bonds. The van der Waals surface area contributed by atoms with Crippen LogP contribution in [0.2, 0.25) is 0 Å². The van der Waals surface area contributed by atoms with Crippen molar-refractivity contribution in [3.05, 3.63) is 0 Å². The molecular formula is C13H25NO3. The van der Waals surface area contributed by atoms with Crippen molar-refractivity contribution in [1.29, 1.82) is 0 Å². The highest BCUT2D eigenvalue weighted by atomic mass is 16.4. The molecule has 0 aliphatic carbocycles. The van der Waals surface area contributed by atoms with Crippen molar-refractivity contribution < 1.29 is 14.7 Å². The van der Waals surface area contributed by atoms with Crippen LogP contribution in [0.25, 0.3) is 0 Å². The van der Waals surface area contributed by atoms with E-state index in [0.29, 0.717) is 6.54 Å². The van der Waals surface area contributed by atoms with Gasteiger partial charge in [0.1, 0.15) is 0 Å². The normalized spacial score (nSPS) is 12.3. The van der Waals surface area contributed by atoms with Crippen molar-refractivity contribution in [2.45, 2.75) is 53.9 Å². The first-order valence-corrected chi connectivity index (χ1v) is 6.11. The molecule has 0 saturated heterocycles. The average Bonchev–Trinajstić information content (AvgIpc) is 2.12. The third kappa shape index (κ3) is 6.29. The first kappa shape index (κ1) is 15.9. The van der Waals surface area contributed by atoms with E-state index in [1.165, 1.54) is 0 Å². The van der Waals surface area contributed by atoms with Crippen LogP contribution in [-0.2, 0) is 9.59 Å². The van der Waals surface area contributed by atoms with Gasteiger partial charge in [0.15, 0.2) is 0 Å². The fourth-order valence-electron chi connectivity index (χ4n) is 1.78. The van der Waals surface area contributed by atoms with E-state index in [1.54, 1.807) is 13.8 Å². The maximum atomic E-state index is 11.9. The molecule has 0 radical (unpaired) electrons. The molecule has 0 aromatic heterocycles. The lowest BCUT2D eigenvalue weighted by atomic mass is 9.85. The van der Waals surface area contributed by atoms with Crippen molar-refractivity contribution in [2.75, 3.05) is 6.54 Å². The number of carboxylic acid groups (broad SMARTS) is 1. The SMILES string of the molecule is CCCC(C)(C)CNC(=O)C(C)(C)CC(=O)O. The molecule has 0 atom stereocenters. The largest absolute Gasteiger partial charge is 0.481 e. The highest BCUT2D eigenvalue weighted by molar-refractivity contribution is 5.86. The van der Waals surface area contributed by atoms with Crippen molar-refractivity contribution in [2.24, 2.45) is 10.8 Å². The monoisotopic (exact) mass is 243 g/mol. The van der Waals surface area contributed by atoms with Crippen LogP contribution in [0.15, 0.2) is 0 Å². The third-order valence-electron chi connectivity index (χ3n) is 2.86. The van der Waals surface area contributed by atoms with Crippen molar-refractivity contribution >= 4 is 11.9 Å². The minimum atomic E-state index is -0.946. The Labute approximate surface area is 104 Å². The molecule has 0 fully saturated rings.